The van der Waals surface area contributed by atoms with E-state index in [4.69, 9.17) is 18.9 Å². The van der Waals surface area contributed by atoms with Gasteiger partial charge in [-0.15, -0.1) is 0 Å². The standard InChI is InChI=1S/C72H117NO8/c1-6-8-10-12-14-16-18-20-22-24-26-27-28-29-30-31-32-33-34-35-36-37-38-39-40-41-42-43-45-47-49-51-53-55-57-59-61-63-70(75)81-68(67-80-72(71(76)77)78-65-64-73(3,4)5)66-79-69(74)62-60-58-56-54-52-50-48-46-44-25-23-21-19-17-15-13-11-9-7-2/h8-11,14-17,20-23,26-27,29-30,32-33,35-36,44,46,50,52,68,72H,6-7,12-13,18-19,24-25,28,31,34,37-43,45,47-49,51,53-67H2,1-5H3/p+1/b10-8-,11-9-,16-14-,17-15-,22-20-,23-21-,27-26-,30-29-,33-32-,36-35-,46-44-,52-50-. The number of ether oxygens (including phenoxy) is 4. The summed E-state index contributed by atoms with van der Waals surface area (Å²) >= 11 is 0. The number of aliphatic carboxylic acids is 1. The first kappa shape index (κ1) is 76.2. The average Bonchev–Trinajstić information content (AvgIpc) is 3.44. The molecule has 2 atom stereocenters. The Morgan fingerprint density at radius 1 is 0.370 bits per heavy atom. The summed E-state index contributed by atoms with van der Waals surface area (Å²) in [6.45, 7) is 4.60. The van der Waals surface area contributed by atoms with Crippen LogP contribution in [0.5, 0.6) is 0 Å². The molecule has 0 saturated heterocycles. The highest BCUT2D eigenvalue weighted by molar-refractivity contribution is 5.71. The summed E-state index contributed by atoms with van der Waals surface area (Å²) in [6, 6.07) is 0. The SMILES string of the molecule is CC/C=C\C/C=C\C/C=C\C/C=C\C/C=C\C/C=C\C/C=C\CCCCCCCCCCCCCCCCCC(=O)OC(COC(=O)CCCCC/C=C\C/C=C\C/C=C\C/C=C\C/C=C\CC)COC(OCC[N+](C)(C)C)C(=O)O. The number of nitrogens with zero attached hydrogens (tertiary/aromatic N) is 1. The van der Waals surface area contributed by atoms with E-state index < -0.39 is 24.3 Å². The molecule has 0 amide bonds. The molecule has 0 fully saturated rings. The molecule has 0 rings (SSSR count). The Hall–Kier alpha value is -4.83. The van der Waals surface area contributed by atoms with Gasteiger partial charge in [-0.3, -0.25) is 9.59 Å². The van der Waals surface area contributed by atoms with Gasteiger partial charge in [0.2, 0.25) is 0 Å². The van der Waals surface area contributed by atoms with Gasteiger partial charge in [-0.1, -0.05) is 250 Å². The Morgan fingerprint density at radius 2 is 0.667 bits per heavy atom. The Kier molecular flexibility index (Phi) is 57.6. The van der Waals surface area contributed by atoms with Crippen molar-refractivity contribution in [2.75, 3.05) is 47.5 Å². The molecule has 2 unspecified atom stereocenters. The van der Waals surface area contributed by atoms with Crippen molar-refractivity contribution in [2.24, 2.45) is 0 Å². The summed E-state index contributed by atoms with van der Waals surface area (Å²) in [5, 5.41) is 9.72. The maximum absolute atomic E-state index is 12.9. The van der Waals surface area contributed by atoms with Crippen LogP contribution in [-0.2, 0) is 33.3 Å². The quantitative estimate of drug-likeness (QED) is 0.0211. The molecule has 458 valence electrons. The molecule has 0 aliphatic carbocycles. The van der Waals surface area contributed by atoms with Crippen LogP contribution >= 0.6 is 0 Å². The van der Waals surface area contributed by atoms with Gasteiger partial charge in [-0.25, -0.2) is 4.79 Å². The minimum atomic E-state index is -1.53. The third-order valence-corrected chi connectivity index (χ3v) is 13.1. The lowest BCUT2D eigenvalue weighted by Gasteiger charge is -2.25. The number of carbonyl (C=O) groups excluding carboxylic acids is 2. The van der Waals surface area contributed by atoms with Gasteiger partial charge in [0.1, 0.15) is 13.2 Å². The van der Waals surface area contributed by atoms with Crippen molar-refractivity contribution in [1.29, 1.82) is 0 Å². The van der Waals surface area contributed by atoms with Gasteiger partial charge in [0.15, 0.2) is 6.10 Å². The molecule has 0 heterocycles. The van der Waals surface area contributed by atoms with Crippen LogP contribution < -0.4 is 0 Å². The van der Waals surface area contributed by atoms with Gasteiger partial charge in [0.25, 0.3) is 6.29 Å². The molecule has 0 saturated carbocycles. The summed E-state index contributed by atoms with van der Waals surface area (Å²) in [7, 11) is 5.95. The number of quaternary nitrogens is 1. The number of carboxylic acids is 1. The zero-order valence-corrected chi connectivity index (χ0v) is 52.1. The molecule has 0 aliphatic heterocycles. The topological polar surface area (TPSA) is 108 Å². The van der Waals surface area contributed by atoms with Crippen LogP contribution in [0, 0.1) is 0 Å². The predicted octanol–water partition coefficient (Wildman–Crippen LogP) is 19.6. The maximum Gasteiger partial charge on any atom is 0.361 e. The third-order valence-electron chi connectivity index (χ3n) is 13.1. The summed E-state index contributed by atoms with van der Waals surface area (Å²) < 4.78 is 22.9. The summed E-state index contributed by atoms with van der Waals surface area (Å²) in [5.41, 5.74) is 0. The zero-order chi connectivity index (χ0) is 59.1. The van der Waals surface area contributed by atoms with E-state index in [2.05, 4.69) is 160 Å². The first-order valence-electron chi connectivity index (χ1n) is 32.0. The molecule has 0 aromatic heterocycles. The summed E-state index contributed by atoms with van der Waals surface area (Å²) in [4.78, 5) is 37.5. The molecule has 0 aliphatic rings. The molecular weight excluding hydrogens is 1010 g/mol. The number of carbonyl (C=O) groups is 3. The second kappa shape index (κ2) is 61.2. The van der Waals surface area contributed by atoms with E-state index in [1.54, 1.807) is 0 Å². The first-order valence-corrected chi connectivity index (χ1v) is 32.0. The smallest absolute Gasteiger partial charge is 0.361 e. The fourth-order valence-corrected chi connectivity index (χ4v) is 8.26. The number of esters is 2. The molecule has 0 aromatic rings. The summed E-state index contributed by atoms with van der Waals surface area (Å²) in [6.07, 6.45) is 86.6. The number of carboxylic acid groups (broad SMARTS) is 1. The van der Waals surface area contributed by atoms with Crippen molar-refractivity contribution in [3.63, 3.8) is 0 Å². The minimum absolute atomic E-state index is 0.175. The molecule has 9 heteroatoms. The third kappa shape index (κ3) is 62.6. The number of rotatable bonds is 57. The molecule has 0 bridgehead atoms. The molecule has 0 radical (unpaired) electrons. The molecule has 1 N–H and O–H groups in total. The van der Waals surface area contributed by atoms with Crippen LogP contribution in [0.3, 0.4) is 0 Å². The first-order chi connectivity index (χ1) is 39.6. The number of likely N-dealkylation sites (N-methyl/N-ethyl adjacent to an activating group) is 1. The van der Waals surface area contributed by atoms with Crippen molar-refractivity contribution in [2.45, 2.75) is 245 Å². The largest absolute Gasteiger partial charge is 0.477 e. The Bertz CT molecular complexity index is 1840. The lowest BCUT2D eigenvalue weighted by atomic mass is 10.0. The van der Waals surface area contributed by atoms with Gasteiger partial charge in [0.05, 0.1) is 34.4 Å². The Labute approximate surface area is 496 Å². The molecule has 0 aromatic carbocycles. The van der Waals surface area contributed by atoms with Gasteiger partial charge < -0.3 is 28.5 Å². The molecule has 9 nitrogen and oxygen atoms in total. The highest BCUT2D eigenvalue weighted by Gasteiger charge is 2.25. The Balaban J connectivity index is 4.17. The second-order valence-electron chi connectivity index (χ2n) is 22.0. The maximum atomic E-state index is 12.9. The van der Waals surface area contributed by atoms with Crippen LogP contribution in [0.4, 0.5) is 0 Å². The van der Waals surface area contributed by atoms with Crippen LogP contribution in [-0.4, -0.2) is 87.4 Å². The number of unbranched alkanes of at least 4 members (excludes halogenated alkanes) is 18. The van der Waals surface area contributed by atoms with E-state index in [1.165, 1.54) is 77.0 Å². The van der Waals surface area contributed by atoms with Gasteiger partial charge in [-0.2, -0.15) is 0 Å². The lowest BCUT2D eigenvalue weighted by molar-refractivity contribution is -0.870. The van der Waals surface area contributed by atoms with E-state index in [1.807, 2.05) is 21.1 Å². The van der Waals surface area contributed by atoms with E-state index in [9.17, 15) is 19.5 Å². The van der Waals surface area contributed by atoms with Gasteiger partial charge in [-0.05, 0) is 116 Å². The van der Waals surface area contributed by atoms with Crippen LogP contribution in [0.25, 0.3) is 0 Å². The fourth-order valence-electron chi connectivity index (χ4n) is 8.26. The normalized spacial score (nSPS) is 13.7. The van der Waals surface area contributed by atoms with E-state index in [-0.39, 0.29) is 38.6 Å². The van der Waals surface area contributed by atoms with Crippen molar-refractivity contribution < 1.29 is 42.9 Å². The highest BCUT2D eigenvalue weighted by atomic mass is 16.7. The minimum Gasteiger partial charge on any atom is -0.477 e. The monoisotopic (exact) mass is 1120 g/mol. The van der Waals surface area contributed by atoms with Crippen molar-refractivity contribution >= 4 is 17.9 Å². The lowest BCUT2D eigenvalue weighted by Crippen LogP contribution is -2.40. The van der Waals surface area contributed by atoms with Crippen molar-refractivity contribution in [3.8, 4) is 0 Å². The van der Waals surface area contributed by atoms with Crippen molar-refractivity contribution in [3.05, 3.63) is 146 Å². The molecule has 0 spiro atoms. The zero-order valence-electron chi connectivity index (χ0n) is 52.1. The van der Waals surface area contributed by atoms with Gasteiger partial charge >= 0.3 is 17.9 Å². The Morgan fingerprint density at radius 3 is 1.00 bits per heavy atom. The average molecular weight is 1130 g/mol. The predicted molar refractivity (Wildman–Crippen MR) is 345 cm³/mol. The van der Waals surface area contributed by atoms with Crippen LogP contribution in [0.1, 0.15) is 232 Å². The second-order valence-corrected chi connectivity index (χ2v) is 22.0. The molecular formula is C72H118NO8+. The number of allylic oxidation sites excluding steroid dienone is 24. The number of hydrogen-bond acceptors (Lipinski definition) is 7. The van der Waals surface area contributed by atoms with E-state index in [0.29, 0.717) is 23.9 Å². The van der Waals surface area contributed by atoms with Gasteiger partial charge in [0, 0.05) is 12.8 Å². The fraction of sp³-hybridized carbons (Fsp3) is 0.625. The van der Waals surface area contributed by atoms with E-state index in [0.717, 1.165) is 116 Å². The highest BCUT2D eigenvalue weighted by Crippen LogP contribution is 2.16. The van der Waals surface area contributed by atoms with Crippen molar-refractivity contribution in [1.82, 2.24) is 0 Å². The summed E-state index contributed by atoms with van der Waals surface area (Å²) in [5.74, 6) is -2.06. The van der Waals surface area contributed by atoms with Crippen LogP contribution in [0.15, 0.2) is 146 Å². The van der Waals surface area contributed by atoms with Crippen LogP contribution in [0.2, 0.25) is 0 Å². The number of hydrogen-bond donors (Lipinski definition) is 1. The molecule has 81 heavy (non-hydrogen) atoms. The van der Waals surface area contributed by atoms with E-state index >= 15 is 0 Å².